The molecule has 1 unspecified atom stereocenters. The molecular weight excluding hydrogens is 472 g/mol. The number of carbonyl (C=O) groups excluding carboxylic acids is 1. The van der Waals surface area contributed by atoms with E-state index in [1.807, 2.05) is 6.92 Å². The minimum atomic E-state index is -1.33. The number of aryl methyl sites for hydroxylation is 1. The van der Waals surface area contributed by atoms with E-state index >= 15 is 0 Å². The predicted molar refractivity (Wildman–Crippen MR) is 60.5 cm³/mol. The third kappa shape index (κ3) is 6.83. The Bertz CT molecular complexity index is 446. The van der Waals surface area contributed by atoms with Gasteiger partial charge in [-0.05, 0) is 6.92 Å². The normalized spacial score (nSPS) is 12.1. The summed E-state index contributed by atoms with van der Waals surface area (Å²) in [6.45, 7) is 3.32. The first-order valence-electron chi connectivity index (χ1n) is 4.83. The summed E-state index contributed by atoms with van der Waals surface area (Å²) in [5.41, 5.74) is 0.393. The van der Waals surface area contributed by atoms with Crippen LogP contribution in [0, 0.1) is 30.4 Å². The minimum absolute atomic E-state index is 0. The minimum Gasteiger partial charge on any atom is -0.359 e. The molecule has 0 aliphatic heterocycles. The van der Waals surface area contributed by atoms with E-state index in [2.05, 4.69) is 17.4 Å². The van der Waals surface area contributed by atoms with Gasteiger partial charge in [0.2, 0.25) is 5.91 Å². The average molecular weight is 483 g/mol. The zero-order chi connectivity index (χ0) is 12.2. The third-order valence-corrected chi connectivity index (χ3v) is 2.07. The topological polar surface area (TPSA) is 52.9 Å². The fraction of sp³-hybridized carbons (Fsp3) is 0.333. The largest absolute Gasteiger partial charge is 0.359 e. The number of nitriles is 1. The van der Waals surface area contributed by atoms with Crippen LogP contribution in [0.3, 0.4) is 0 Å². The van der Waals surface area contributed by atoms with Crippen LogP contribution >= 0.6 is 0 Å². The number of nitrogens with zero attached hydrogens (tertiary/aromatic N) is 1. The van der Waals surface area contributed by atoms with Crippen molar-refractivity contribution in [3.63, 3.8) is 0 Å². The molecule has 0 bridgehead atoms. The van der Waals surface area contributed by atoms with E-state index in [1.165, 1.54) is 6.92 Å². The molecule has 89 valence electrons. The summed E-state index contributed by atoms with van der Waals surface area (Å²) in [6.07, 6.45) is 0.162. The van der Waals surface area contributed by atoms with E-state index in [-0.39, 0.29) is 66.1 Å². The maximum absolute atomic E-state index is 11.6. The molecule has 0 spiro atoms. The Kier molecular flexibility index (Phi) is 10.2. The van der Waals surface area contributed by atoms with Crippen molar-refractivity contribution in [2.24, 2.45) is 0 Å². The number of hydrogen-bond acceptors (Lipinski definition) is 2. The number of carbonyl (C=O) groups is 1. The molecule has 3 nitrogen and oxygen atoms in total. The van der Waals surface area contributed by atoms with E-state index in [1.54, 1.807) is 18.2 Å². The van der Waals surface area contributed by atoms with Gasteiger partial charge in [-0.3, -0.25) is 22.0 Å². The Morgan fingerprint density at radius 2 is 2.28 bits per heavy atom. The van der Waals surface area contributed by atoms with Crippen LogP contribution in [0.4, 0.5) is 0 Å². The molecule has 0 aliphatic carbocycles. The molecule has 0 saturated carbocycles. The van der Waals surface area contributed by atoms with Crippen LogP contribution in [0.1, 0.15) is 18.1 Å². The monoisotopic (exact) mass is 483 g/mol. The van der Waals surface area contributed by atoms with Gasteiger partial charge < -0.3 is 23.5 Å². The summed E-state index contributed by atoms with van der Waals surface area (Å²) in [4.78, 5) is 11.6. The summed E-state index contributed by atoms with van der Waals surface area (Å²) >= 11 is 0. The van der Waals surface area contributed by atoms with Crippen molar-refractivity contribution in [2.75, 3.05) is 0 Å². The van der Waals surface area contributed by atoms with E-state index in [0.29, 0.717) is 0 Å². The number of hydrogen-bond donors (Lipinski definition) is 1. The molecule has 6 heteroatoms. The molecule has 1 atom stereocenters. The zero-order valence-corrected chi connectivity index (χ0v) is 16.1. The van der Waals surface area contributed by atoms with Crippen LogP contribution in [0.5, 0.6) is 0 Å². The zero-order valence-electron chi connectivity index (χ0n) is 10.3. The van der Waals surface area contributed by atoms with Gasteiger partial charge in [0.05, 0.1) is 11.5 Å². The maximum Gasteiger partial charge on any atom is 0.221 e. The van der Waals surface area contributed by atoms with Crippen LogP contribution in [0.2, 0.25) is 0 Å². The van der Waals surface area contributed by atoms with Crippen molar-refractivity contribution < 1.29 is 58.6 Å². The van der Waals surface area contributed by atoms with E-state index < -0.39 is 5.44 Å². The van der Waals surface area contributed by atoms with Gasteiger partial charge in [0.25, 0.3) is 0 Å². The van der Waals surface area contributed by atoms with E-state index in [9.17, 15) is 4.79 Å². The summed E-state index contributed by atoms with van der Waals surface area (Å²) in [5, 5.41) is 11.1. The molecule has 1 rings (SSSR count). The van der Waals surface area contributed by atoms with Gasteiger partial charge >= 0.3 is 0 Å². The molecule has 1 aromatic carbocycles. The van der Waals surface area contributed by atoms with Gasteiger partial charge in [-0.25, -0.2) is 0 Å². The van der Waals surface area contributed by atoms with Crippen molar-refractivity contribution in [1.29, 1.82) is 5.26 Å². The number of amides is 1. The van der Waals surface area contributed by atoms with Crippen molar-refractivity contribution >= 4 is 13.8 Å². The Morgan fingerprint density at radius 3 is 2.78 bits per heavy atom. The Hall–Kier alpha value is 0.0371. The second-order valence-electron chi connectivity index (χ2n) is 3.80. The third-order valence-electron chi connectivity index (χ3n) is 2.07. The number of rotatable bonds is 3. The second kappa shape index (κ2) is 9.02. The first-order chi connectivity index (χ1) is 7.44. The first-order valence-corrected chi connectivity index (χ1v) is 4.83. The van der Waals surface area contributed by atoms with Crippen molar-refractivity contribution in [1.82, 2.24) is 5.32 Å². The molecule has 0 aromatic heterocycles. The quantitative estimate of drug-likeness (QED) is 0.508. The van der Waals surface area contributed by atoms with Gasteiger partial charge in [0.1, 0.15) is 7.85 Å². The summed E-state index contributed by atoms with van der Waals surface area (Å²) in [7, 11) is 5.50. The van der Waals surface area contributed by atoms with Crippen molar-refractivity contribution in [2.45, 2.75) is 25.7 Å². The Morgan fingerprint density at radius 1 is 1.67 bits per heavy atom. The molecule has 0 aliphatic rings. The molecule has 18 heavy (non-hydrogen) atoms. The molecule has 1 N–H and O–H groups in total. The molecule has 1 amide bonds. The molecule has 0 fully saturated rings. The van der Waals surface area contributed by atoms with E-state index in [4.69, 9.17) is 13.1 Å². The average Bonchev–Trinajstić information content (AvgIpc) is 2.21. The standard InChI is InChI=1S/C12H11BN2O.W.Y/c1-9-5-3-4-6-10(9)7-11(16)15-12(2,13)8-14;;/h4-5H,7H2,1-2H3,(H,15,16);;/q-2;;. The van der Waals surface area contributed by atoms with Gasteiger partial charge in [-0.2, -0.15) is 5.26 Å². The fourth-order valence-corrected chi connectivity index (χ4v) is 1.21. The molecular formula is C12H11BN2OWY-2. The van der Waals surface area contributed by atoms with Gasteiger partial charge in [0.15, 0.2) is 0 Å². The molecule has 0 saturated heterocycles. The SMILES string of the molecule is [B]C(C)(C#N)NC(=O)Cc1[c-]c[c-]cc1C.[W].[Y]. The maximum atomic E-state index is 11.6. The van der Waals surface area contributed by atoms with Crippen LogP contribution in [0.25, 0.3) is 0 Å². The Balaban J connectivity index is 0. The van der Waals surface area contributed by atoms with Crippen molar-refractivity contribution in [3.05, 3.63) is 35.4 Å². The molecule has 1 aromatic rings. The summed E-state index contributed by atoms with van der Waals surface area (Å²) in [5.74, 6) is -0.294. The molecule has 0 heterocycles. The number of nitrogens with one attached hydrogen (secondary N) is 1. The fourth-order valence-electron chi connectivity index (χ4n) is 1.21. The second-order valence-corrected chi connectivity index (χ2v) is 3.80. The van der Waals surface area contributed by atoms with Crippen LogP contribution < -0.4 is 5.32 Å². The predicted octanol–water partition coefficient (Wildman–Crippen LogP) is 0.657. The smallest absolute Gasteiger partial charge is 0.221 e. The summed E-state index contributed by atoms with van der Waals surface area (Å²) < 4.78 is 0. The van der Waals surface area contributed by atoms with E-state index in [0.717, 1.165) is 11.1 Å². The first kappa shape index (κ1) is 20.4. The summed E-state index contributed by atoms with van der Waals surface area (Å²) in [6, 6.07) is 11.0. The van der Waals surface area contributed by atoms with Crippen LogP contribution in [-0.4, -0.2) is 19.2 Å². The van der Waals surface area contributed by atoms with Crippen LogP contribution in [-0.2, 0) is 65.0 Å². The molecule has 3 radical (unpaired) electrons. The van der Waals surface area contributed by atoms with Gasteiger partial charge in [0, 0.05) is 60.2 Å². The number of benzene rings is 1. The van der Waals surface area contributed by atoms with Gasteiger partial charge in [-0.15, -0.1) is 6.92 Å². The van der Waals surface area contributed by atoms with Gasteiger partial charge in [-0.1, -0.05) is 0 Å². The van der Waals surface area contributed by atoms with Crippen LogP contribution in [0.15, 0.2) is 12.1 Å². The van der Waals surface area contributed by atoms with Crippen molar-refractivity contribution in [3.8, 4) is 6.07 Å². The Labute approximate surface area is 149 Å².